The fraction of sp³-hybridized carbons (Fsp3) is 0.514. The lowest BCUT2D eigenvalue weighted by molar-refractivity contribution is -0.137. The molecule has 2 aliphatic rings. The number of likely N-dealkylation sites (N-methyl/N-ethyl adjacent to an activating group) is 1. The number of anilines is 1. The van der Waals surface area contributed by atoms with Gasteiger partial charge in [0.15, 0.2) is 5.75 Å². The molecule has 2 fully saturated rings. The molecule has 14 nitrogen and oxygen atoms in total. The quantitative estimate of drug-likeness (QED) is 0.283. The van der Waals surface area contributed by atoms with E-state index in [9.17, 15) is 27.9 Å². The van der Waals surface area contributed by atoms with E-state index in [1.165, 1.54) is 7.11 Å². The summed E-state index contributed by atoms with van der Waals surface area (Å²) >= 11 is 0. The zero-order valence-electron chi connectivity index (χ0n) is 30.0. The number of sulfonamides is 1. The van der Waals surface area contributed by atoms with Crippen molar-refractivity contribution in [1.29, 1.82) is 0 Å². The molecule has 2 aliphatic heterocycles. The van der Waals surface area contributed by atoms with Crippen LogP contribution >= 0.6 is 0 Å². The number of primary amides is 1. The molecule has 0 bridgehead atoms. The van der Waals surface area contributed by atoms with E-state index in [1.807, 2.05) is 50.9 Å². The monoisotopic (exact) mass is 712 g/mol. The Kier molecular flexibility index (Phi) is 10.3. The van der Waals surface area contributed by atoms with E-state index in [0.29, 0.717) is 55.6 Å². The molecule has 5 rings (SSSR count). The number of aryl methyl sites for hydroxylation is 1. The predicted molar refractivity (Wildman–Crippen MR) is 191 cm³/mol. The topological polar surface area (TPSA) is 177 Å². The molecule has 0 saturated carbocycles. The van der Waals surface area contributed by atoms with E-state index in [-0.39, 0.29) is 51.9 Å². The molecule has 50 heavy (non-hydrogen) atoms. The van der Waals surface area contributed by atoms with E-state index < -0.39 is 27.3 Å². The SMILES string of the molecule is COc1c(C(N)=O)cc(C(C)(C)C)c(-c2c(C(=O)O)n(C)c3c(CN4CCN(C(=O)[C@H]5C[C@@H](OC)CN5C)CC4)cccc23)c1NS(C)(=O)=O. The zero-order valence-corrected chi connectivity index (χ0v) is 30.8. The molecule has 15 heteroatoms. The summed E-state index contributed by atoms with van der Waals surface area (Å²) in [6, 6.07) is 6.97. The number of ether oxygens (including phenoxy) is 2. The molecule has 4 N–H and O–H groups in total. The maximum absolute atomic E-state index is 13.4. The fourth-order valence-electron chi connectivity index (χ4n) is 7.41. The van der Waals surface area contributed by atoms with E-state index in [1.54, 1.807) is 24.8 Å². The molecular formula is C35H48N6O8S. The van der Waals surface area contributed by atoms with Gasteiger partial charge in [-0.1, -0.05) is 39.0 Å². The molecule has 2 amide bonds. The van der Waals surface area contributed by atoms with Crippen molar-refractivity contribution < 1.29 is 37.4 Å². The first kappa shape index (κ1) is 37.1. The maximum Gasteiger partial charge on any atom is 0.353 e. The minimum atomic E-state index is -3.96. The Morgan fingerprint density at radius 1 is 1.06 bits per heavy atom. The second-order valence-corrected chi connectivity index (χ2v) is 16.0. The van der Waals surface area contributed by atoms with Gasteiger partial charge in [-0.25, -0.2) is 13.2 Å². The number of aromatic carboxylic acids is 1. The Labute approximate surface area is 293 Å². The lowest BCUT2D eigenvalue weighted by Gasteiger charge is -2.37. The smallest absolute Gasteiger partial charge is 0.353 e. The normalized spacial score (nSPS) is 19.2. The summed E-state index contributed by atoms with van der Waals surface area (Å²) in [6.07, 6.45) is 1.69. The van der Waals surface area contributed by atoms with Crippen LogP contribution in [0.3, 0.4) is 0 Å². The van der Waals surface area contributed by atoms with E-state index in [4.69, 9.17) is 15.2 Å². The number of para-hydroxylation sites is 1. The number of nitrogens with zero attached hydrogens (tertiary/aromatic N) is 4. The van der Waals surface area contributed by atoms with E-state index >= 15 is 0 Å². The molecule has 0 radical (unpaired) electrons. The highest BCUT2D eigenvalue weighted by Gasteiger charge is 2.38. The number of nitrogens with one attached hydrogen (secondary N) is 1. The number of likely N-dealkylation sites (tertiary alicyclic amines) is 1. The van der Waals surface area contributed by atoms with Gasteiger partial charge in [-0.3, -0.25) is 24.1 Å². The number of hydrogen-bond acceptors (Lipinski definition) is 9. The largest absolute Gasteiger partial charge is 0.494 e. The minimum absolute atomic E-state index is 0.0409. The molecule has 2 aromatic carbocycles. The molecule has 0 unspecified atom stereocenters. The van der Waals surface area contributed by atoms with Gasteiger partial charge >= 0.3 is 5.97 Å². The van der Waals surface area contributed by atoms with Gasteiger partial charge < -0.3 is 29.8 Å². The third-order valence-corrected chi connectivity index (χ3v) is 10.4. The molecular weight excluding hydrogens is 664 g/mol. The number of methoxy groups -OCH3 is 2. The van der Waals surface area contributed by atoms with Crippen molar-refractivity contribution in [3.8, 4) is 16.9 Å². The van der Waals surface area contributed by atoms with Gasteiger partial charge in [-0.05, 0) is 36.1 Å². The summed E-state index contributed by atoms with van der Waals surface area (Å²) in [7, 11) is 2.64. The summed E-state index contributed by atoms with van der Waals surface area (Å²) in [4.78, 5) is 45.4. The van der Waals surface area contributed by atoms with Crippen LogP contribution in [0, 0.1) is 0 Å². The number of fused-ring (bicyclic) bond motifs is 1. The second kappa shape index (κ2) is 13.9. The van der Waals surface area contributed by atoms with Crippen molar-refractivity contribution in [3.63, 3.8) is 0 Å². The Hall–Kier alpha value is -4.18. The van der Waals surface area contributed by atoms with E-state index in [0.717, 1.165) is 18.4 Å². The summed E-state index contributed by atoms with van der Waals surface area (Å²) in [5.41, 5.74) is 7.48. The first-order valence-corrected chi connectivity index (χ1v) is 18.4. The number of carbonyl (C=O) groups excluding carboxylic acids is 2. The second-order valence-electron chi connectivity index (χ2n) is 14.3. The molecule has 3 heterocycles. The van der Waals surface area contributed by atoms with E-state index in [2.05, 4.69) is 14.5 Å². The third-order valence-electron chi connectivity index (χ3n) is 9.80. The number of hydrogen-bond donors (Lipinski definition) is 3. The van der Waals surface area contributed by atoms with Crippen LogP contribution in [0.1, 0.15) is 59.2 Å². The molecule has 2 atom stereocenters. The van der Waals surface area contributed by atoms with Crippen molar-refractivity contribution in [2.24, 2.45) is 12.8 Å². The van der Waals surface area contributed by atoms with Crippen LogP contribution in [0.2, 0.25) is 0 Å². The van der Waals surface area contributed by atoms with Gasteiger partial charge in [0.25, 0.3) is 5.91 Å². The van der Waals surface area contributed by atoms with Gasteiger partial charge in [0.05, 0.1) is 42.3 Å². The van der Waals surface area contributed by atoms with Crippen molar-refractivity contribution >= 4 is 44.4 Å². The summed E-state index contributed by atoms with van der Waals surface area (Å²) in [5.74, 6) is -2.04. The van der Waals surface area contributed by atoms with Crippen LogP contribution in [0.25, 0.3) is 22.0 Å². The molecule has 272 valence electrons. The summed E-state index contributed by atoms with van der Waals surface area (Å²) in [5, 5.41) is 11.3. The highest BCUT2D eigenvalue weighted by molar-refractivity contribution is 7.92. The number of amides is 2. The van der Waals surface area contributed by atoms with Gasteiger partial charge in [-0.15, -0.1) is 0 Å². The fourth-order valence-corrected chi connectivity index (χ4v) is 7.98. The Morgan fingerprint density at radius 3 is 2.24 bits per heavy atom. The first-order chi connectivity index (χ1) is 23.4. The molecule has 0 spiro atoms. The van der Waals surface area contributed by atoms with Gasteiger partial charge in [0.2, 0.25) is 15.9 Å². The van der Waals surface area contributed by atoms with Gasteiger partial charge in [0, 0.05) is 69.9 Å². The highest BCUT2D eigenvalue weighted by atomic mass is 32.2. The predicted octanol–water partition coefficient (Wildman–Crippen LogP) is 2.68. The van der Waals surface area contributed by atoms with Crippen molar-refractivity contribution in [1.82, 2.24) is 19.3 Å². The van der Waals surface area contributed by atoms with Crippen LogP contribution in [-0.2, 0) is 38.6 Å². The number of rotatable bonds is 10. The van der Waals surface area contributed by atoms with Crippen LogP contribution in [0.5, 0.6) is 5.75 Å². The number of piperazine rings is 1. The maximum atomic E-state index is 13.4. The van der Waals surface area contributed by atoms with Crippen molar-refractivity contribution in [3.05, 3.63) is 46.6 Å². The van der Waals surface area contributed by atoms with Gasteiger partial charge in [-0.2, -0.15) is 0 Å². The molecule has 1 aromatic heterocycles. The standard InChI is InChI=1S/C35H48N6O8S/c1-35(2,3)24-17-23(32(36)42)31(49-7)28(37-50(8,46)47)27(24)26-22-11-9-10-20(29(22)39(5)30(26)34(44)45)18-40-12-14-41(15-13-40)33(43)25-16-21(48-6)19-38(25)4/h9-11,17,21,25,37H,12-16,18-19H2,1-8H3,(H2,36,42)(H,44,45)/t21-,25-/m1/s1. The third kappa shape index (κ3) is 7.04. The zero-order chi connectivity index (χ0) is 36.9. The lowest BCUT2D eigenvalue weighted by Crippen LogP contribution is -2.52. The van der Waals surface area contributed by atoms with Crippen molar-refractivity contribution in [2.45, 2.75) is 51.3 Å². The highest BCUT2D eigenvalue weighted by Crippen LogP contribution is 2.49. The number of carboxylic acid groups (broad SMARTS) is 1. The Bertz CT molecular complexity index is 1940. The molecule has 2 saturated heterocycles. The first-order valence-electron chi connectivity index (χ1n) is 16.5. The Balaban J connectivity index is 1.61. The average Bonchev–Trinajstić information content (AvgIpc) is 3.56. The van der Waals surface area contributed by atoms with Crippen LogP contribution < -0.4 is 15.2 Å². The van der Waals surface area contributed by atoms with Crippen LogP contribution in [0.4, 0.5) is 5.69 Å². The minimum Gasteiger partial charge on any atom is -0.494 e. The number of carbonyl (C=O) groups is 3. The summed E-state index contributed by atoms with van der Waals surface area (Å²) < 4.78 is 40.8. The summed E-state index contributed by atoms with van der Waals surface area (Å²) in [6.45, 7) is 9.28. The van der Waals surface area contributed by atoms with Gasteiger partial charge in [0.1, 0.15) is 5.69 Å². The number of aromatic nitrogens is 1. The molecule has 0 aliphatic carbocycles. The number of carboxylic acids is 1. The average molecular weight is 713 g/mol. The van der Waals surface area contributed by atoms with Crippen molar-refractivity contribution in [2.75, 3.05) is 65.0 Å². The van der Waals surface area contributed by atoms with Crippen LogP contribution in [-0.4, -0.2) is 123 Å². The number of benzene rings is 2. The molecule has 3 aromatic rings. The van der Waals surface area contributed by atoms with Crippen LogP contribution in [0.15, 0.2) is 24.3 Å². The Morgan fingerprint density at radius 2 is 1.72 bits per heavy atom. The number of nitrogens with two attached hydrogens (primary N) is 1. The lowest BCUT2D eigenvalue weighted by atomic mass is 9.79.